The predicted octanol–water partition coefficient (Wildman–Crippen LogP) is 1.03. The molecule has 0 aliphatic heterocycles. The zero-order valence-electron chi connectivity index (χ0n) is 9.61. The molecule has 4 nitrogen and oxygen atoms in total. The lowest BCUT2D eigenvalue weighted by Gasteiger charge is -2.20. The molecule has 2 aliphatic carbocycles. The highest BCUT2D eigenvalue weighted by Crippen LogP contribution is 2.27. The molecule has 4 heteroatoms. The molecule has 2 aliphatic rings. The molecule has 0 aromatic carbocycles. The highest BCUT2D eigenvalue weighted by Gasteiger charge is 2.29. The second-order valence-corrected chi connectivity index (χ2v) is 4.77. The van der Waals surface area contributed by atoms with Gasteiger partial charge in [0, 0.05) is 38.0 Å². The molecule has 0 aromatic heterocycles. The van der Waals surface area contributed by atoms with Crippen molar-refractivity contribution in [1.29, 1.82) is 5.26 Å². The number of carbonyl (C=O) groups excluding carboxylic acids is 1. The standard InChI is InChI=1S/C12H19N3O/c13-7-1-8-15(11-4-5-11)9-6-12(16)14-10-2-3-10/h10-11H,1-6,8-9H2,(H,14,16). The Labute approximate surface area is 96.6 Å². The van der Waals surface area contributed by atoms with E-state index >= 15 is 0 Å². The van der Waals surface area contributed by atoms with Crippen molar-refractivity contribution in [3.8, 4) is 6.07 Å². The molecule has 0 atom stereocenters. The molecule has 0 unspecified atom stereocenters. The van der Waals surface area contributed by atoms with Crippen LogP contribution in [0.1, 0.15) is 38.5 Å². The van der Waals surface area contributed by atoms with E-state index < -0.39 is 0 Å². The van der Waals surface area contributed by atoms with Crippen molar-refractivity contribution < 1.29 is 4.79 Å². The van der Waals surface area contributed by atoms with Gasteiger partial charge in [-0.1, -0.05) is 0 Å². The van der Waals surface area contributed by atoms with Gasteiger partial charge in [0.2, 0.25) is 5.91 Å². The second-order valence-electron chi connectivity index (χ2n) is 4.77. The van der Waals surface area contributed by atoms with Crippen LogP contribution in [0.4, 0.5) is 0 Å². The molecule has 0 bridgehead atoms. The van der Waals surface area contributed by atoms with Gasteiger partial charge in [0.15, 0.2) is 0 Å². The molecule has 0 heterocycles. The molecular formula is C12H19N3O. The minimum absolute atomic E-state index is 0.171. The van der Waals surface area contributed by atoms with E-state index in [0.29, 0.717) is 24.9 Å². The second kappa shape index (κ2) is 5.31. The Balaban J connectivity index is 1.64. The fourth-order valence-electron chi connectivity index (χ4n) is 1.88. The van der Waals surface area contributed by atoms with Crippen molar-refractivity contribution in [2.75, 3.05) is 13.1 Å². The molecule has 1 N–H and O–H groups in total. The molecule has 0 radical (unpaired) electrons. The smallest absolute Gasteiger partial charge is 0.221 e. The van der Waals surface area contributed by atoms with Crippen LogP contribution in [0.25, 0.3) is 0 Å². The van der Waals surface area contributed by atoms with Gasteiger partial charge in [0.05, 0.1) is 6.07 Å². The molecule has 88 valence electrons. The van der Waals surface area contributed by atoms with E-state index in [0.717, 1.165) is 25.9 Å². The van der Waals surface area contributed by atoms with Crippen molar-refractivity contribution in [1.82, 2.24) is 10.2 Å². The van der Waals surface area contributed by atoms with Gasteiger partial charge in [-0.2, -0.15) is 5.26 Å². The van der Waals surface area contributed by atoms with Crippen LogP contribution in [0.15, 0.2) is 0 Å². The molecule has 0 spiro atoms. The first-order valence-electron chi connectivity index (χ1n) is 6.20. The number of hydrogen-bond donors (Lipinski definition) is 1. The Morgan fingerprint density at radius 3 is 2.62 bits per heavy atom. The van der Waals surface area contributed by atoms with Crippen molar-refractivity contribution in [2.24, 2.45) is 0 Å². The zero-order chi connectivity index (χ0) is 11.4. The van der Waals surface area contributed by atoms with Crippen molar-refractivity contribution in [3.05, 3.63) is 0 Å². The van der Waals surface area contributed by atoms with E-state index in [4.69, 9.17) is 5.26 Å². The summed E-state index contributed by atoms with van der Waals surface area (Å²) < 4.78 is 0. The maximum atomic E-state index is 11.5. The molecular weight excluding hydrogens is 202 g/mol. The normalized spacial score (nSPS) is 19.5. The lowest BCUT2D eigenvalue weighted by Crippen LogP contribution is -2.33. The van der Waals surface area contributed by atoms with Gasteiger partial charge < -0.3 is 5.32 Å². The molecule has 1 amide bonds. The summed E-state index contributed by atoms with van der Waals surface area (Å²) in [4.78, 5) is 13.8. The van der Waals surface area contributed by atoms with Crippen LogP contribution in [0.3, 0.4) is 0 Å². The van der Waals surface area contributed by atoms with Crippen molar-refractivity contribution in [3.63, 3.8) is 0 Å². The zero-order valence-corrected chi connectivity index (χ0v) is 9.61. The number of carbonyl (C=O) groups is 1. The first-order chi connectivity index (χ1) is 7.79. The molecule has 2 rings (SSSR count). The summed E-state index contributed by atoms with van der Waals surface area (Å²) >= 11 is 0. The minimum atomic E-state index is 0.171. The summed E-state index contributed by atoms with van der Waals surface area (Å²) in [6.07, 6.45) is 5.91. The quantitative estimate of drug-likeness (QED) is 0.698. The van der Waals surface area contributed by atoms with Gasteiger partial charge in [0.1, 0.15) is 0 Å². The Morgan fingerprint density at radius 1 is 1.31 bits per heavy atom. The number of nitrogens with one attached hydrogen (secondary N) is 1. The SMILES string of the molecule is N#CCCN(CCC(=O)NC1CC1)C1CC1. The van der Waals surface area contributed by atoms with Crippen LogP contribution in [-0.4, -0.2) is 36.0 Å². The first-order valence-corrected chi connectivity index (χ1v) is 6.20. The highest BCUT2D eigenvalue weighted by molar-refractivity contribution is 5.76. The Hall–Kier alpha value is -1.08. The van der Waals surface area contributed by atoms with Crippen LogP contribution in [0.2, 0.25) is 0 Å². The summed E-state index contributed by atoms with van der Waals surface area (Å²) in [5.41, 5.74) is 0. The van der Waals surface area contributed by atoms with E-state index in [1.54, 1.807) is 0 Å². The largest absolute Gasteiger partial charge is 0.353 e. The summed E-state index contributed by atoms with van der Waals surface area (Å²) in [5, 5.41) is 11.6. The lowest BCUT2D eigenvalue weighted by molar-refractivity contribution is -0.121. The average molecular weight is 221 g/mol. The van der Waals surface area contributed by atoms with E-state index in [9.17, 15) is 4.79 Å². The summed E-state index contributed by atoms with van der Waals surface area (Å²) in [5.74, 6) is 0.171. The van der Waals surface area contributed by atoms with Crippen LogP contribution < -0.4 is 5.32 Å². The van der Waals surface area contributed by atoms with Gasteiger partial charge in [-0.3, -0.25) is 9.69 Å². The van der Waals surface area contributed by atoms with E-state index in [1.807, 2.05) is 0 Å². The Bertz CT molecular complexity index is 289. The van der Waals surface area contributed by atoms with Crippen LogP contribution in [0.5, 0.6) is 0 Å². The third-order valence-corrected chi connectivity index (χ3v) is 3.14. The summed E-state index contributed by atoms with van der Waals surface area (Å²) in [6.45, 7) is 1.63. The monoisotopic (exact) mass is 221 g/mol. The van der Waals surface area contributed by atoms with Gasteiger partial charge >= 0.3 is 0 Å². The first kappa shape index (κ1) is 11.4. The summed E-state index contributed by atoms with van der Waals surface area (Å²) in [6, 6.07) is 3.27. The van der Waals surface area contributed by atoms with E-state index in [1.165, 1.54) is 12.8 Å². The third-order valence-electron chi connectivity index (χ3n) is 3.14. The molecule has 2 saturated carbocycles. The maximum Gasteiger partial charge on any atom is 0.221 e. The highest BCUT2D eigenvalue weighted by atomic mass is 16.1. The van der Waals surface area contributed by atoms with Crippen molar-refractivity contribution in [2.45, 2.75) is 50.6 Å². The fraction of sp³-hybridized carbons (Fsp3) is 0.833. The number of hydrogen-bond acceptors (Lipinski definition) is 3. The fourth-order valence-corrected chi connectivity index (χ4v) is 1.88. The van der Waals surface area contributed by atoms with Crippen LogP contribution >= 0.6 is 0 Å². The number of nitriles is 1. The maximum absolute atomic E-state index is 11.5. The Morgan fingerprint density at radius 2 is 2.06 bits per heavy atom. The average Bonchev–Trinajstić information content (AvgIpc) is 3.11. The van der Waals surface area contributed by atoms with Crippen molar-refractivity contribution >= 4 is 5.91 Å². The molecule has 0 aromatic rings. The molecule has 0 saturated heterocycles. The number of nitrogens with zero attached hydrogens (tertiary/aromatic N) is 2. The van der Waals surface area contributed by atoms with Gasteiger partial charge in [0.25, 0.3) is 0 Å². The number of rotatable bonds is 7. The third kappa shape index (κ3) is 3.82. The van der Waals surface area contributed by atoms with Gasteiger partial charge in [-0.05, 0) is 25.7 Å². The van der Waals surface area contributed by atoms with E-state index in [-0.39, 0.29) is 5.91 Å². The number of amides is 1. The Kier molecular flexibility index (Phi) is 3.79. The molecule has 2 fully saturated rings. The summed E-state index contributed by atoms with van der Waals surface area (Å²) in [7, 11) is 0. The predicted molar refractivity (Wildman–Crippen MR) is 60.6 cm³/mol. The topological polar surface area (TPSA) is 56.1 Å². The van der Waals surface area contributed by atoms with Gasteiger partial charge in [-0.15, -0.1) is 0 Å². The molecule has 16 heavy (non-hydrogen) atoms. The van der Waals surface area contributed by atoms with Crippen LogP contribution in [0, 0.1) is 11.3 Å². The van der Waals surface area contributed by atoms with E-state index in [2.05, 4.69) is 16.3 Å². The minimum Gasteiger partial charge on any atom is -0.353 e. The van der Waals surface area contributed by atoms with Crippen LogP contribution in [-0.2, 0) is 4.79 Å². The lowest BCUT2D eigenvalue weighted by atomic mass is 10.3. The van der Waals surface area contributed by atoms with Gasteiger partial charge in [-0.25, -0.2) is 0 Å².